The van der Waals surface area contributed by atoms with E-state index in [4.69, 9.17) is 4.98 Å². The number of aromatic nitrogens is 1. The maximum absolute atomic E-state index is 13.0. The van der Waals surface area contributed by atoms with Crippen LogP contribution >= 0.6 is 15.9 Å². The lowest BCUT2D eigenvalue weighted by Crippen LogP contribution is -2.36. The minimum Gasteiger partial charge on any atom is -0.348 e. The molecule has 5 heteroatoms. The van der Waals surface area contributed by atoms with E-state index in [0.29, 0.717) is 5.92 Å². The van der Waals surface area contributed by atoms with Gasteiger partial charge in [-0.25, -0.2) is 0 Å². The van der Waals surface area contributed by atoms with Crippen molar-refractivity contribution in [3.8, 4) is 0 Å². The first-order valence-corrected chi connectivity index (χ1v) is 9.04. The van der Waals surface area contributed by atoms with Crippen LogP contribution in [0.5, 0.6) is 0 Å². The summed E-state index contributed by atoms with van der Waals surface area (Å²) in [7, 11) is 0. The number of carbonyl (C=O) groups is 1. The Kier molecular flexibility index (Phi) is 3.85. The van der Waals surface area contributed by atoms with Crippen LogP contribution in [0.15, 0.2) is 22.7 Å². The minimum absolute atomic E-state index is 0.0311. The number of nitrogens with one attached hydrogen (secondary N) is 2. The molecule has 1 aromatic heterocycles. The SMILES string of the molecule is Cc1c(C2CC2)nc2ccc(Br)cc2c1C(=O)NC1CCNC1. The third-order valence-electron chi connectivity index (χ3n) is 4.81. The molecule has 2 fully saturated rings. The molecule has 2 aromatic rings. The normalized spacial score (nSPS) is 20.9. The summed E-state index contributed by atoms with van der Waals surface area (Å²) in [4.78, 5) is 17.8. The third kappa shape index (κ3) is 2.88. The van der Waals surface area contributed by atoms with Crippen LogP contribution in [0, 0.1) is 6.92 Å². The van der Waals surface area contributed by atoms with E-state index in [1.807, 2.05) is 25.1 Å². The molecule has 0 bridgehead atoms. The Bertz CT molecular complexity index is 779. The number of benzene rings is 1. The molecule has 1 saturated heterocycles. The number of hydrogen-bond acceptors (Lipinski definition) is 3. The maximum Gasteiger partial charge on any atom is 0.252 e. The highest BCUT2D eigenvalue weighted by molar-refractivity contribution is 9.10. The second-order valence-electron chi connectivity index (χ2n) is 6.60. The van der Waals surface area contributed by atoms with Crippen molar-refractivity contribution in [1.82, 2.24) is 15.6 Å². The van der Waals surface area contributed by atoms with Crippen LogP contribution in [0.25, 0.3) is 10.9 Å². The summed E-state index contributed by atoms with van der Waals surface area (Å²) >= 11 is 3.52. The summed E-state index contributed by atoms with van der Waals surface area (Å²) in [5, 5.41) is 7.42. The predicted octanol–water partition coefficient (Wildman–Crippen LogP) is 3.27. The van der Waals surface area contributed by atoms with Crippen molar-refractivity contribution in [2.75, 3.05) is 13.1 Å². The zero-order chi connectivity index (χ0) is 16.0. The van der Waals surface area contributed by atoms with Crippen molar-refractivity contribution < 1.29 is 4.79 Å². The van der Waals surface area contributed by atoms with Crippen LogP contribution in [0.4, 0.5) is 0 Å². The summed E-state index contributed by atoms with van der Waals surface area (Å²) in [6, 6.07) is 6.22. The fraction of sp³-hybridized carbons (Fsp3) is 0.444. The molecule has 1 amide bonds. The van der Waals surface area contributed by atoms with Gasteiger partial charge in [0.25, 0.3) is 5.91 Å². The minimum atomic E-state index is 0.0311. The van der Waals surface area contributed by atoms with Crippen LogP contribution in [-0.2, 0) is 0 Å². The molecule has 2 heterocycles. The number of pyridine rings is 1. The molecule has 4 rings (SSSR count). The van der Waals surface area contributed by atoms with Crippen molar-refractivity contribution >= 4 is 32.7 Å². The second kappa shape index (κ2) is 5.87. The van der Waals surface area contributed by atoms with E-state index in [0.717, 1.165) is 51.7 Å². The summed E-state index contributed by atoms with van der Waals surface area (Å²) in [6.45, 7) is 3.87. The van der Waals surface area contributed by atoms with E-state index in [9.17, 15) is 4.79 Å². The zero-order valence-electron chi connectivity index (χ0n) is 13.2. The van der Waals surface area contributed by atoms with Gasteiger partial charge < -0.3 is 10.6 Å². The molecule has 1 unspecified atom stereocenters. The molecule has 0 radical (unpaired) electrons. The first-order valence-electron chi connectivity index (χ1n) is 8.25. The molecule has 1 saturated carbocycles. The van der Waals surface area contributed by atoms with Gasteiger partial charge in [0.2, 0.25) is 0 Å². The standard InChI is InChI=1S/C18H20BrN3O/c1-10-16(18(23)21-13-6-7-20-9-13)14-8-12(19)4-5-15(14)22-17(10)11-2-3-11/h4-5,8,11,13,20H,2-3,6-7,9H2,1H3,(H,21,23). The van der Waals surface area contributed by atoms with Gasteiger partial charge in [0.15, 0.2) is 0 Å². The van der Waals surface area contributed by atoms with E-state index in [-0.39, 0.29) is 11.9 Å². The number of rotatable bonds is 3. The Balaban J connectivity index is 1.82. The molecule has 4 nitrogen and oxygen atoms in total. The fourth-order valence-corrected chi connectivity index (χ4v) is 3.79. The Hall–Kier alpha value is -1.46. The van der Waals surface area contributed by atoms with Crippen LogP contribution < -0.4 is 10.6 Å². The van der Waals surface area contributed by atoms with E-state index in [2.05, 4.69) is 26.6 Å². The van der Waals surface area contributed by atoms with Gasteiger partial charge in [0.1, 0.15) is 0 Å². The van der Waals surface area contributed by atoms with Crippen LogP contribution in [0.2, 0.25) is 0 Å². The van der Waals surface area contributed by atoms with Gasteiger partial charge in [-0.3, -0.25) is 9.78 Å². The van der Waals surface area contributed by atoms with Crippen LogP contribution in [-0.4, -0.2) is 30.0 Å². The number of amides is 1. The average molecular weight is 374 g/mol. The second-order valence-corrected chi connectivity index (χ2v) is 7.51. The van der Waals surface area contributed by atoms with Crippen LogP contribution in [0.3, 0.4) is 0 Å². The van der Waals surface area contributed by atoms with Gasteiger partial charge >= 0.3 is 0 Å². The third-order valence-corrected chi connectivity index (χ3v) is 5.31. The summed E-state index contributed by atoms with van der Waals surface area (Å²) < 4.78 is 0.974. The Morgan fingerprint density at radius 2 is 2.17 bits per heavy atom. The molecule has 0 spiro atoms. The fourth-order valence-electron chi connectivity index (χ4n) is 3.43. The lowest BCUT2D eigenvalue weighted by Gasteiger charge is -2.17. The lowest BCUT2D eigenvalue weighted by molar-refractivity contribution is 0.0941. The summed E-state index contributed by atoms with van der Waals surface area (Å²) in [5.41, 5.74) is 3.86. The predicted molar refractivity (Wildman–Crippen MR) is 94.9 cm³/mol. The molecule has 1 aliphatic carbocycles. The van der Waals surface area contributed by atoms with Gasteiger partial charge in [0.05, 0.1) is 11.1 Å². The van der Waals surface area contributed by atoms with Gasteiger partial charge in [-0.15, -0.1) is 0 Å². The highest BCUT2D eigenvalue weighted by Crippen LogP contribution is 2.42. The lowest BCUT2D eigenvalue weighted by atomic mass is 9.98. The Labute approximate surface area is 144 Å². The quantitative estimate of drug-likeness (QED) is 0.867. The van der Waals surface area contributed by atoms with E-state index in [1.165, 1.54) is 12.8 Å². The van der Waals surface area contributed by atoms with Crippen molar-refractivity contribution in [3.63, 3.8) is 0 Å². The molecule has 2 aliphatic rings. The Morgan fingerprint density at radius 1 is 1.35 bits per heavy atom. The number of nitrogens with zero attached hydrogens (tertiary/aromatic N) is 1. The highest BCUT2D eigenvalue weighted by atomic mass is 79.9. The topological polar surface area (TPSA) is 54.0 Å². The van der Waals surface area contributed by atoms with Gasteiger partial charge in [0, 0.05) is 34.1 Å². The largest absolute Gasteiger partial charge is 0.348 e. The van der Waals surface area contributed by atoms with Gasteiger partial charge in [-0.05, 0) is 56.5 Å². The monoisotopic (exact) mass is 373 g/mol. The maximum atomic E-state index is 13.0. The molecule has 2 N–H and O–H groups in total. The van der Waals surface area contributed by atoms with Gasteiger partial charge in [-0.2, -0.15) is 0 Å². The molecular formula is C18H20BrN3O. The highest BCUT2D eigenvalue weighted by Gasteiger charge is 2.30. The van der Waals surface area contributed by atoms with Crippen molar-refractivity contribution in [2.45, 2.75) is 38.1 Å². The van der Waals surface area contributed by atoms with Crippen molar-refractivity contribution in [1.29, 1.82) is 0 Å². The summed E-state index contributed by atoms with van der Waals surface area (Å²) in [5.74, 6) is 0.561. The molecular weight excluding hydrogens is 354 g/mol. The van der Waals surface area contributed by atoms with E-state index in [1.54, 1.807) is 0 Å². The first-order chi connectivity index (χ1) is 11.1. The average Bonchev–Trinajstić information content (AvgIpc) is 3.24. The summed E-state index contributed by atoms with van der Waals surface area (Å²) in [6.07, 6.45) is 3.36. The van der Waals surface area contributed by atoms with E-state index >= 15 is 0 Å². The van der Waals surface area contributed by atoms with Crippen molar-refractivity contribution in [3.05, 3.63) is 39.5 Å². The molecule has 23 heavy (non-hydrogen) atoms. The zero-order valence-corrected chi connectivity index (χ0v) is 14.7. The number of halogens is 1. The molecule has 1 aliphatic heterocycles. The molecule has 1 atom stereocenters. The van der Waals surface area contributed by atoms with E-state index < -0.39 is 0 Å². The number of hydrogen-bond donors (Lipinski definition) is 2. The molecule has 120 valence electrons. The van der Waals surface area contributed by atoms with Crippen LogP contribution in [0.1, 0.15) is 46.8 Å². The number of carbonyl (C=O) groups excluding carboxylic acids is 1. The first kappa shape index (κ1) is 15.1. The van der Waals surface area contributed by atoms with Gasteiger partial charge in [-0.1, -0.05) is 15.9 Å². The Morgan fingerprint density at radius 3 is 2.87 bits per heavy atom. The molecule has 1 aromatic carbocycles. The number of fused-ring (bicyclic) bond motifs is 1. The van der Waals surface area contributed by atoms with Crippen molar-refractivity contribution in [2.24, 2.45) is 0 Å². The smallest absolute Gasteiger partial charge is 0.252 e.